The molecule has 0 unspecified atom stereocenters. The van der Waals surface area contributed by atoms with Crippen LogP contribution in [0.15, 0.2) is 0 Å². The van der Waals surface area contributed by atoms with Gasteiger partial charge in [-0.15, -0.1) is 0 Å². The maximum absolute atomic E-state index is 6.75. The summed E-state index contributed by atoms with van der Waals surface area (Å²) in [7, 11) is 0. The van der Waals surface area contributed by atoms with Crippen LogP contribution in [0.5, 0.6) is 0 Å². The molecule has 0 saturated carbocycles. The van der Waals surface area contributed by atoms with Crippen molar-refractivity contribution in [1.82, 2.24) is 0 Å². The molecule has 0 aromatic carbocycles. The van der Waals surface area contributed by atoms with Crippen LogP contribution in [0.4, 0.5) is 0 Å². The monoisotopic (exact) mass is 102 g/mol. The average Bonchev–Trinajstić information content (AvgIpc) is 1.69. The Hall–Kier alpha value is -0.730. The van der Waals surface area contributed by atoms with Gasteiger partial charge in [0.05, 0.1) is 6.54 Å². The van der Waals surface area contributed by atoms with Gasteiger partial charge in [0.2, 0.25) is 0 Å². The summed E-state index contributed by atoms with van der Waals surface area (Å²) in [6, 6.07) is 0. The van der Waals surface area contributed by atoms with Gasteiger partial charge in [0, 0.05) is 0 Å². The lowest BCUT2D eigenvalue weighted by atomic mass is 10.5. The molecule has 3 N–H and O–H groups in total. The van der Waals surface area contributed by atoms with Gasteiger partial charge in [-0.05, 0) is 6.42 Å². The molecule has 7 heavy (non-hydrogen) atoms. The molecule has 4 nitrogen and oxygen atoms in total. The fourth-order valence-corrected chi connectivity index (χ4v) is 0. The first-order valence-electron chi connectivity index (χ1n) is 2.11. The van der Waals surface area contributed by atoms with Gasteiger partial charge in [-0.2, -0.15) is 0 Å². The average molecular weight is 102 g/mol. The molecule has 4 heteroatoms. The molecular formula is C3H10N4. The minimum Gasteiger partial charge on any atom is -0.373 e. The van der Waals surface area contributed by atoms with E-state index >= 15 is 0 Å². The molecular weight excluding hydrogens is 92.1 g/mol. The van der Waals surface area contributed by atoms with E-state index in [1.54, 1.807) is 0 Å². The first-order chi connectivity index (χ1) is 3.33. The van der Waals surface area contributed by atoms with Crippen molar-refractivity contribution >= 4 is 0 Å². The Bertz CT molecular complexity index is 42.9. The third kappa shape index (κ3) is 773. The molecule has 0 aromatic heterocycles. The van der Waals surface area contributed by atoms with Gasteiger partial charge in [0.1, 0.15) is 0 Å². The summed E-state index contributed by atoms with van der Waals surface area (Å²) in [5.41, 5.74) is 17.1. The van der Waals surface area contributed by atoms with E-state index < -0.39 is 0 Å². The Morgan fingerprint density at radius 3 is 1.71 bits per heavy atom. The van der Waals surface area contributed by atoms with E-state index in [4.69, 9.17) is 11.1 Å². The largest absolute Gasteiger partial charge is 0.373 e. The Morgan fingerprint density at radius 2 is 1.71 bits per heavy atom. The Balaban J connectivity index is 0. The molecule has 0 heterocycles. The van der Waals surface area contributed by atoms with Crippen LogP contribution in [0.1, 0.15) is 13.3 Å². The zero-order valence-corrected chi connectivity index (χ0v) is 4.46. The van der Waals surface area contributed by atoms with Crippen molar-refractivity contribution in [3.63, 3.8) is 0 Å². The van der Waals surface area contributed by atoms with E-state index in [9.17, 15) is 0 Å². The summed E-state index contributed by atoms with van der Waals surface area (Å²) in [6.07, 6.45) is 1.21. The summed E-state index contributed by atoms with van der Waals surface area (Å²) in [4.78, 5) is 1.50. The first kappa shape index (κ1) is 9.55. The van der Waals surface area contributed by atoms with Crippen LogP contribution >= 0.6 is 0 Å². The highest BCUT2D eigenvalue weighted by Gasteiger charge is 1.59. The summed E-state index contributed by atoms with van der Waals surface area (Å²) in [5, 5.41) is 0. The minimum absolute atomic E-state index is 1.07. The standard InChI is InChI=1S/C3H9N.N3/c1-2-3-4;1-3-2/h2-4H2,1H3;/q;-1/p+1. The molecule has 0 radical (unpaired) electrons. The molecule has 0 aromatic rings. The lowest BCUT2D eigenvalue weighted by Gasteiger charge is -1.66. The highest BCUT2D eigenvalue weighted by molar-refractivity contribution is 4.36. The van der Waals surface area contributed by atoms with Crippen molar-refractivity contribution in [3.05, 3.63) is 16.0 Å². The summed E-state index contributed by atoms with van der Waals surface area (Å²) >= 11 is 0. The third-order valence-electron chi connectivity index (χ3n) is 0.354. The number of hydrogen-bond acceptors (Lipinski definition) is 0. The van der Waals surface area contributed by atoms with E-state index in [1.165, 1.54) is 11.3 Å². The number of hydrogen-bond donors (Lipinski definition) is 1. The van der Waals surface area contributed by atoms with Gasteiger partial charge in [-0.1, -0.05) is 6.92 Å². The molecule has 42 valence electrons. The van der Waals surface area contributed by atoms with Crippen molar-refractivity contribution in [3.8, 4) is 0 Å². The Kier molecular flexibility index (Phi) is 25.4. The highest BCUT2D eigenvalue weighted by atomic mass is 15.0. The van der Waals surface area contributed by atoms with Gasteiger partial charge in [-0.3, -0.25) is 4.91 Å². The zero-order chi connectivity index (χ0) is 6.12. The van der Waals surface area contributed by atoms with Crippen LogP contribution in [-0.2, 0) is 0 Å². The third-order valence-corrected chi connectivity index (χ3v) is 0.354. The summed E-state index contributed by atoms with van der Waals surface area (Å²) < 4.78 is 0. The predicted molar refractivity (Wildman–Crippen MR) is 28.1 cm³/mol. The number of nitrogens with zero attached hydrogens (tertiary/aromatic N) is 3. The molecule has 0 aliphatic carbocycles. The van der Waals surface area contributed by atoms with Crippen LogP contribution in [-0.4, -0.2) is 6.54 Å². The number of rotatable bonds is 1. The SMILES string of the molecule is CCC[NH3+].[N-]=[N+]=[N-]. The molecule has 0 amide bonds. The zero-order valence-electron chi connectivity index (χ0n) is 4.46. The highest BCUT2D eigenvalue weighted by Crippen LogP contribution is 1.54. The lowest BCUT2D eigenvalue weighted by molar-refractivity contribution is -0.367. The van der Waals surface area contributed by atoms with Crippen LogP contribution in [0.3, 0.4) is 0 Å². The number of quaternary nitrogens is 1. The second kappa shape index (κ2) is 18.6. The second-order valence-electron chi connectivity index (χ2n) is 0.943. The van der Waals surface area contributed by atoms with Crippen molar-refractivity contribution in [2.24, 2.45) is 0 Å². The smallest absolute Gasteiger partial charge is 0.0737 e. The van der Waals surface area contributed by atoms with Crippen molar-refractivity contribution in [1.29, 1.82) is 0 Å². The van der Waals surface area contributed by atoms with Crippen molar-refractivity contribution in [2.75, 3.05) is 6.54 Å². The van der Waals surface area contributed by atoms with E-state index in [-0.39, 0.29) is 0 Å². The van der Waals surface area contributed by atoms with Crippen molar-refractivity contribution in [2.45, 2.75) is 13.3 Å². The van der Waals surface area contributed by atoms with Gasteiger partial charge in [0.15, 0.2) is 0 Å². The maximum atomic E-state index is 6.75. The molecule has 0 spiro atoms. The van der Waals surface area contributed by atoms with E-state index in [0.29, 0.717) is 0 Å². The first-order valence-corrected chi connectivity index (χ1v) is 2.11. The molecule has 0 atom stereocenters. The molecule has 0 fully saturated rings. The summed E-state index contributed by atoms with van der Waals surface area (Å²) in [6.45, 7) is 3.19. The molecule has 0 aliphatic rings. The quantitative estimate of drug-likeness (QED) is 0.284. The minimum atomic E-state index is 1.07. The molecule has 0 bridgehead atoms. The van der Waals surface area contributed by atoms with Gasteiger partial charge in [0.25, 0.3) is 0 Å². The van der Waals surface area contributed by atoms with Crippen LogP contribution in [0.2, 0.25) is 0 Å². The van der Waals surface area contributed by atoms with E-state index in [1.807, 2.05) is 0 Å². The van der Waals surface area contributed by atoms with Crippen molar-refractivity contribution < 1.29 is 5.73 Å². The molecule has 0 saturated heterocycles. The van der Waals surface area contributed by atoms with E-state index in [2.05, 4.69) is 12.7 Å². The topological polar surface area (TPSA) is 86.3 Å². The maximum Gasteiger partial charge on any atom is 0.0737 e. The Morgan fingerprint density at radius 1 is 1.57 bits per heavy atom. The lowest BCUT2D eigenvalue weighted by Crippen LogP contribution is -2.49. The van der Waals surface area contributed by atoms with Gasteiger partial charge >= 0.3 is 0 Å². The second-order valence-corrected chi connectivity index (χ2v) is 0.943. The summed E-state index contributed by atoms with van der Waals surface area (Å²) in [5.74, 6) is 0. The fourth-order valence-electron chi connectivity index (χ4n) is 0. The van der Waals surface area contributed by atoms with Crippen LogP contribution < -0.4 is 5.73 Å². The molecule has 0 aliphatic heterocycles. The van der Waals surface area contributed by atoms with E-state index in [0.717, 1.165) is 6.54 Å². The predicted octanol–water partition coefficient (Wildman–Crippen LogP) is 0.504. The Labute approximate surface area is 42.7 Å². The normalized spacial score (nSPS) is 5.43. The van der Waals surface area contributed by atoms with Gasteiger partial charge < -0.3 is 16.8 Å². The van der Waals surface area contributed by atoms with Crippen LogP contribution in [0.25, 0.3) is 16.0 Å². The molecule has 0 rings (SSSR count). The fraction of sp³-hybridized carbons (Fsp3) is 1.00. The van der Waals surface area contributed by atoms with Gasteiger partial charge in [-0.25, -0.2) is 0 Å². The van der Waals surface area contributed by atoms with Crippen LogP contribution in [0, 0.1) is 0 Å².